The molecule has 1 saturated carbocycles. The average Bonchev–Trinajstić information content (AvgIpc) is 3.39. The summed E-state index contributed by atoms with van der Waals surface area (Å²) in [6.07, 6.45) is 3.14. The molecule has 24 heavy (non-hydrogen) atoms. The maximum absolute atomic E-state index is 12.4. The van der Waals surface area contributed by atoms with E-state index in [-0.39, 0.29) is 17.9 Å². The Bertz CT molecular complexity index is 543. The zero-order valence-electron chi connectivity index (χ0n) is 15.0. The van der Waals surface area contributed by atoms with Gasteiger partial charge in [0.25, 0.3) is 11.8 Å². The molecule has 1 aromatic carbocycles. The van der Waals surface area contributed by atoms with E-state index in [1.54, 1.807) is 0 Å². The van der Waals surface area contributed by atoms with Gasteiger partial charge in [-0.25, -0.2) is 0 Å². The fourth-order valence-electron chi connectivity index (χ4n) is 2.74. The van der Waals surface area contributed by atoms with Gasteiger partial charge in [-0.2, -0.15) is 0 Å². The van der Waals surface area contributed by atoms with E-state index in [1.807, 2.05) is 32.2 Å². The van der Waals surface area contributed by atoms with Crippen LogP contribution in [0, 0.1) is 0 Å². The molecule has 1 aromatic rings. The zero-order valence-corrected chi connectivity index (χ0v) is 15.0. The molecule has 5 nitrogen and oxygen atoms in total. The van der Waals surface area contributed by atoms with Crippen LogP contribution in [-0.4, -0.2) is 44.0 Å². The Morgan fingerprint density at radius 3 is 2.50 bits per heavy atom. The summed E-state index contributed by atoms with van der Waals surface area (Å²) in [6.45, 7) is 4.97. The second kappa shape index (κ2) is 8.83. The van der Waals surface area contributed by atoms with Gasteiger partial charge in [-0.1, -0.05) is 37.3 Å². The number of carbonyl (C=O) groups is 2. The lowest BCUT2D eigenvalue weighted by Gasteiger charge is -2.22. The standard InChI is InChI=1S/C19H29N3O2/c1-4-15(16-8-6-5-7-9-16)12-20-19(24)14(2)22(3)13-18(23)21-17-10-11-17/h5-9,14-15,17H,4,10-13H2,1-3H3,(H,20,24)(H,21,23)/p+1/t14-,15+/m0/s1. The summed E-state index contributed by atoms with van der Waals surface area (Å²) < 4.78 is 0. The predicted molar refractivity (Wildman–Crippen MR) is 94.9 cm³/mol. The number of rotatable bonds is 9. The first kappa shape index (κ1) is 18.5. The Labute approximate surface area is 144 Å². The van der Waals surface area contributed by atoms with Crippen LogP contribution >= 0.6 is 0 Å². The van der Waals surface area contributed by atoms with Crippen molar-refractivity contribution >= 4 is 11.8 Å². The highest BCUT2D eigenvalue weighted by Gasteiger charge is 2.28. The van der Waals surface area contributed by atoms with Crippen LogP contribution in [0.3, 0.4) is 0 Å². The third kappa shape index (κ3) is 5.64. The van der Waals surface area contributed by atoms with Crippen LogP contribution in [0.1, 0.15) is 44.6 Å². The van der Waals surface area contributed by atoms with Crippen LogP contribution in [0.25, 0.3) is 0 Å². The van der Waals surface area contributed by atoms with Gasteiger partial charge >= 0.3 is 0 Å². The number of hydrogen-bond donors (Lipinski definition) is 3. The molecule has 2 amide bonds. The molecule has 1 unspecified atom stereocenters. The third-order valence-corrected chi connectivity index (χ3v) is 4.80. The molecule has 132 valence electrons. The monoisotopic (exact) mass is 332 g/mol. The van der Waals surface area contributed by atoms with Crippen molar-refractivity contribution in [2.75, 3.05) is 20.1 Å². The summed E-state index contributed by atoms with van der Waals surface area (Å²) in [5, 5.41) is 6.02. The van der Waals surface area contributed by atoms with Crippen LogP contribution in [-0.2, 0) is 9.59 Å². The van der Waals surface area contributed by atoms with Gasteiger partial charge in [-0.05, 0) is 31.7 Å². The number of likely N-dealkylation sites (N-methyl/N-ethyl adjacent to an activating group) is 1. The highest BCUT2D eigenvalue weighted by atomic mass is 16.2. The maximum atomic E-state index is 12.4. The molecule has 5 heteroatoms. The van der Waals surface area contributed by atoms with E-state index in [0.29, 0.717) is 25.0 Å². The van der Waals surface area contributed by atoms with Crippen LogP contribution in [0.15, 0.2) is 30.3 Å². The Morgan fingerprint density at radius 1 is 1.25 bits per heavy atom. The van der Waals surface area contributed by atoms with Gasteiger partial charge in [0.15, 0.2) is 12.6 Å². The van der Waals surface area contributed by atoms with Crippen molar-refractivity contribution in [2.45, 2.75) is 51.1 Å². The number of carbonyl (C=O) groups excluding carboxylic acids is 2. The molecule has 3 atom stereocenters. The molecular formula is C19H30N3O2+. The van der Waals surface area contributed by atoms with Gasteiger partial charge in [-0.3, -0.25) is 9.59 Å². The van der Waals surface area contributed by atoms with E-state index < -0.39 is 0 Å². The SMILES string of the molecule is CC[C@H](CNC(=O)[C@H](C)[NH+](C)CC(=O)NC1CC1)c1ccccc1. The van der Waals surface area contributed by atoms with Crippen molar-refractivity contribution < 1.29 is 14.5 Å². The van der Waals surface area contributed by atoms with Gasteiger partial charge in [0.1, 0.15) is 0 Å². The van der Waals surface area contributed by atoms with E-state index in [2.05, 4.69) is 29.7 Å². The Hall–Kier alpha value is -1.88. The van der Waals surface area contributed by atoms with E-state index >= 15 is 0 Å². The first-order valence-electron chi connectivity index (χ1n) is 8.95. The number of quaternary nitrogens is 1. The Morgan fingerprint density at radius 2 is 1.92 bits per heavy atom. The Balaban J connectivity index is 1.78. The van der Waals surface area contributed by atoms with Crippen molar-refractivity contribution in [3.8, 4) is 0 Å². The minimum atomic E-state index is -0.247. The second-order valence-electron chi connectivity index (χ2n) is 6.85. The summed E-state index contributed by atoms with van der Waals surface area (Å²) >= 11 is 0. The minimum absolute atomic E-state index is 0.00102. The molecule has 0 radical (unpaired) electrons. The predicted octanol–water partition coefficient (Wildman–Crippen LogP) is 0.478. The third-order valence-electron chi connectivity index (χ3n) is 4.80. The maximum Gasteiger partial charge on any atom is 0.278 e. The van der Waals surface area contributed by atoms with E-state index in [0.717, 1.165) is 24.2 Å². The number of nitrogens with one attached hydrogen (secondary N) is 3. The molecule has 0 bridgehead atoms. The van der Waals surface area contributed by atoms with Gasteiger partial charge in [0.2, 0.25) is 0 Å². The molecular weight excluding hydrogens is 302 g/mol. The summed E-state index contributed by atoms with van der Waals surface area (Å²) in [6, 6.07) is 10.4. The quantitative estimate of drug-likeness (QED) is 0.616. The van der Waals surface area contributed by atoms with Gasteiger partial charge in [-0.15, -0.1) is 0 Å². The molecule has 0 saturated heterocycles. The van der Waals surface area contributed by atoms with Gasteiger partial charge in [0.05, 0.1) is 7.05 Å². The van der Waals surface area contributed by atoms with Crippen molar-refractivity contribution in [1.82, 2.24) is 10.6 Å². The normalized spacial score (nSPS) is 17.6. The van der Waals surface area contributed by atoms with Crippen LogP contribution in [0.2, 0.25) is 0 Å². The van der Waals surface area contributed by atoms with Crippen LogP contribution < -0.4 is 15.5 Å². The molecule has 1 aliphatic rings. The number of benzene rings is 1. The highest BCUT2D eigenvalue weighted by molar-refractivity contribution is 5.81. The molecule has 0 aliphatic heterocycles. The van der Waals surface area contributed by atoms with E-state index in [9.17, 15) is 9.59 Å². The molecule has 1 fully saturated rings. The summed E-state index contributed by atoms with van der Waals surface area (Å²) in [7, 11) is 1.89. The molecule has 2 rings (SSSR count). The van der Waals surface area contributed by atoms with Crippen molar-refractivity contribution in [2.24, 2.45) is 0 Å². The van der Waals surface area contributed by atoms with Crippen molar-refractivity contribution in [3.05, 3.63) is 35.9 Å². The lowest BCUT2D eigenvalue weighted by Crippen LogP contribution is -3.15. The summed E-state index contributed by atoms with van der Waals surface area (Å²) in [4.78, 5) is 25.2. The fourth-order valence-corrected chi connectivity index (χ4v) is 2.74. The van der Waals surface area contributed by atoms with Crippen molar-refractivity contribution in [3.63, 3.8) is 0 Å². The topological polar surface area (TPSA) is 62.6 Å². The first-order valence-corrected chi connectivity index (χ1v) is 8.95. The first-order chi connectivity index (χ1) is 11.5. The smallest absolute Gasteiger partial charge is 0.278 e. The van der Waals surface area contributed by atoms with Gasteiger partial charge < -0.3 is 15.5 Å². The van der Waals surface area contributed by atoms with Gasteiger partial charge in [0, 0.05) is 18.5 Å². The molecule has 1 aliphatic carbocycles. The van der Waals surface area contributed by atoms with Crippen LogP contribution in [0.4, 0.5) is 0 Å². The fraction of sp³-hybridized carbons (Fsp3) is 0.579. The zero-order chi connectivity index (χ0) is 17.5. The lowest BCUT2D eigenvalue weighted by atomic mass is 9.96. The average molecular weight is 332 g/mol. The Kier molecular flexibility index (Phi) is 6.79. The van der Waals surface area contributed by atoms with Crippen LogP contribution in [0.5, 0.6) is 0 Å². The largest absolute Gasteiger partial charge is 0.350 e. The molecule has 3 N–H and O–H groups in total. The molecule has 0 spiro atoms. The van der Waals surface area contributed by atoms with E-state index in [4.69, 9.17) is 0 Å². The molecule has 0 aromatic heterocycles. The second-order valence-corrected chi connectivity index (χ2v) is 6.85. The van der Waals surface area contributed by atoms with Crippen molar-refractivity contribution in [1.29, 1.82) is 0 Å². The highest BCUT2D eigenvalue weighted by Crippen LogP contribution is 2.18. The molecule has 0 heterocycles. The lowest BCUT2D eigenvalue weighted by molar-refractivity contribution is -0.886. The number of hydrogen-bond acceptors (Lipinski definition) is 2. The number of amides is 2. The summed E-state index contributed by atoms with van der Waals surface area (Å²) in [5.74, 6) is 0.354. The summed E-state index contributed by atoms with van der Waals surface area (Å²) in [5.41, 5.74) is 1.25. The minimum Gasteiger partial charge on any atom is -0.350 e. The van der Waals surface area contributed by atoms with E-state index in [1.165, 1.54) is 5.56 Å².